The third-order valence-corrected chi connectivity index (χ3v) is 3.37. The highest BCUT2D eigenvalue weighted by molar-refractivity contribution is 6.33. The topological polar surface area (TPSA) is 38.1 Å². The second kappa shape index (κ2) is 5.13. The molecule has 3 aromatic rings. The maximum Gasteiger partial charge on any atom is 0.300 e. The first-order valence-corrected chi connectivity index (χ1v) is 6.65. The minimum Gasteiger partial charge on any atom is -0.423 e. The van der Waals surface area contributed by atoms with E-state index in [9.17, 15) is 4.39 Å². The quantitative estimate of drug-likeness (QED) is 0.743. The number of hydrogen-bond acceptors (Lipinski definition) is 3. The van der Waals surface area contributed by atoms with Gasteiger partial charge in [-0.25, -0.2) is 4.39 Å². The lowest BCUT2D eigenvalue weighted by Crippen LogP contribution is -1.95. The van der Waals surface area contributed by atoms with E-state index < -0.39 is 0 Å². The van der Waals surface area contributed by atoms with Gasteiger partial charge in [-0.05, 0) is 36.2 Å². The minimum absolute atomic E-state index is 0.289. The van der Waals surface area contributed by atoms with Crippen LogP contribution < -0.4 is 5.32 Å². The molecule has 0 saturated carbocycles. The fourth-order valence-electron chi connectivity index (χ4n) is 2.00. The Morgan fingerprint density at radius 2 is 2.10 bits per heavy atom. The standard InChI is InChI=1S/C15H12ClFN2O/c1-2-9-7-10(16)13(8-11(9)17)19-15-18-12-5-3-4-6-14(12)20-15/h3-8H,2H2,1H3,(H,18,19). The number of aryl methyl sites for hydroxylation is 1. The van der Waals surface area contributed by atoms with Crippen molar-refractivity contribution in [1.29, 1.82) is 0 Å². The zero-order valence-corrected chi connectivity index (χ0v) is 11.5. The molecule has 0 bridgehead atoms. The van der Waals surface area contributed by atoms with Crippen molar-refractivity contribution in [1.82, 2.24) is 4.98 Å². The molecule has 20 heavy (non-hydrogen) atoms. The predicted octanol–water partition coefficient (Wildman–Crippen LogP) is 4.93. The van der Waals surface area contributed by atoms with Crippen LogP contribution in [0.25, 0.3) is 11.1 Å². The van der Waals surface area contributed by atoms with E-state index >= 15 is 0 Å². The Hall–Kier alpha value is -2.07. The molecule has 0 atom stereocenters. The zero-order valence-electron chi connectivity index (χ0n) is 10.8. The van der Waals surface area contributed by atoms with Gasteiger partial charge in [0.1, 0.15) is 11.3 Å². The van der Waals surface area contributed by atoms with Crippen molar-refractivity contribution < 1.29 is 8.81 Å². The van der Waals surface area contributed by atoms with Gasteiger partial charge in [0.2, 0.25) is 0 Å². The lowest BCUT2D eigenvalue weighted by Gasteiger charge is -2.07. The highest BCUT2D eigenvalue weighted by Gasteiger charge is 2.11. The highest BCUT2D eigenvalue weighted by Crippen LogP contribution is 2.29. The molecule has 3 rings (SSSR count). The van der Waals surface area contributed by atoms with Gasteiger partial charge in [-0.1, -0.05) is 30.7 Å². The summed E-state index contributed by atoms with van der Waals surface area (Å²) in [5.74, 6) is -0.296. The molecule has 0 aliphatic rings. The molecular weight excluding hydrogens is 279 g/mol. The van der Waals surface area contributed by atoms with Gasteiger partial charge in [-0.3, -0.25) is 0 Å². The smallest absolute Gasteiger partial charge is 0.300 e. The second-order valence-corrected chi connectivity index (χ2v) is 4.80. The van der Waals surface area contributed by atoms with Gasteiger partial charge in [-0.2, -0.15) is 4.98 Å². The number of benzene rings is 2. The van der Waals surface area contributed by atoms with E-state index in [0.29, 0.717) is 28.3 Å². The van der Waals surface area contributed by atoms with Crippen LogP contribution in [0.1, 0.15) is 12.5 Å². The first-order chi connectivity index (χ1) is 9.67. The third kappa shape index (κ3) is 2.34. The third-order valence-electron chi connectivity index (χ3n) is 3.05. The lowest BCUT2D eigenvalue weighted by atomic mass is 10.1. The van der Waals surface area contributed by atoms with Crippen LogP contribution in [0.5, 0.6) is 0 Å². The van der Waals surface area contributed by atoms with E-state index in [2.05, 4.69) is 10.3 Å². The van der Waals surface area contributed by atoms with Gasteiger partial charge in [0.05, 0.1) is 10.7 Å². The van der Waals surface area contributed by atoms with Crippen molar-refractivity contribution in [2.75, 3.05) is 5.32 Å². The van der Waals surface area contributed by atoms with E-state index in [4.69, 9.17) is 16.0 Å². The van der Waals surface area contributed by atoms with Crippen LogP contribution in [-0.2, 0) is 6.42 Å². The average Bonchev–Trinajstić information content (AvgIpc) is 2.84. The Morgan fingerprint density at radius 1 is 1.30 bits per heavy atom. The summed E-state index contributed by atoms with van der Waals surface area (Å²) in [5, 5.41) is 3.34. The molecule has 0 aliphatic carbocycles. The van der Waals surface area contributed by atoms with Gasteiger partial charge in [0.15, 0.2) is 5.58 Å². The van der Waals surface area contributed by atoms with Gasteiger partial charge in [-0.15, -0.1) is 0 Å². The van der Waals surface area contributed by atoms with Crippen LogP contribution in [0.3, 0.4) is 0 Å². The van der Waals surface area contributed by atoms with Crippen LogP contribution in [0.2, 0.25) is 5.02 Å². The summed E-state index contributed by atoms with van der Waals surface area (Å²) in [4.78, 5) is 4.26. The molecule has 0 unspecified atom stereocenters. The largest absolute Gasteiger partial charge is 0.423 e. The number of nitrogens with one attached hydrogen (secondary N) is 1. The SMILES string of the molecule is CCc1cc(Cl)c(Nc2nc3ccccc3o2)cc1F. The molecule has 0 spiro atoms. The Morgan fingerprint density at radius 3 is 2.85 bits per heavy atom. The molecule has 0 amide bonds. The van der Waals surface area contributed by atoms with Gasteiger partial charge >= 0.3 is 0 Å². The number of rotatable bonds is 3. The number of aromatic nitrogens is 1. The molecule has 2 aromatic carbocycles. The Labute approximate surface area is 120 Å². The van der Waals surface area contributed by atoms with E-state index in [1.165, 1.54) is 6.07 Å². The minimum atomic E-state index is -0.296. The average molecular weight is 291 g/mol. The van der Waals surface area contributed by atoms with Crippen LogP contribution in [0.15, 0.2) is 40.8 Å². The van der Waals surface area contributed by atoms with E-state index in [1.54, 1.807) is 6.07 Å². The van der Waals surface area contributed by atoms with Gasteiger partial charge in [0.25, 0.3) is 6.01 Å². The number of halogens is 2. The van der Waals surface area contributed by atoms with Crippen molar-refractivity contribution in [2.45, 2.75) is 13.3 Å². The van der Waals surface area contributed by atoms with Crippen molar-refractivity contribution in [2.24, 2.45) is 0 Å². The maximum absolute atomic E-state index is 13.8. The first-order valence-electron chi connectivity index (χ1n) is 6.28. The Balaban J connectivity index is 1.96. The number of fused-ring (bicyclic) bond motifs is 1. The molecule has 1 N–H and O–H groups in total. The molecule has 1 heterocycles. The van der Waals surface area contributed by atoms with E-state index in [0.717, 1.165) is 5.52 Å². The number of anilines is 2. The molecule has 1 aromatic heterocycles. The normalized spacial score (nSPS) is 10.9. The summed E-state index contributed by atoms with van der Waals surface area (Å²) >= 11 is 6.13. The summed E-state index contributed by atoms with van der Waals surface area (Å²) in [5.41, 5.74) is 2.42. The number of para-hydroxylation sites is 2. The van der Waals surface area contributed by atoms with Crippen LogP contribution >= 0.6 is 11.6 Å². The molecule has 102 valence electrons. The molecule has 0 aliphatic heterocycles. The van der Waals surface area contributed by atoms with Crippen molar-refractivity contribution >= 4 is 34.4 Å². The van der Waals surface area contributed by atoms with Crippen molar-refractivity contribution in [3.05, 3.63) is 52.8 Å². The Bertz CT molecular complexity index is 737. The summed E-state index contributed by atoms with van der Waals surface area (Å²) in [7, 11) is 0. The number of oxazole rings is 1. The zero-order chi connectivity index (χ0) is 14.1. The summed E-state index contributed by atoms with van der Waals surface area (Å²) in [6.45, 7) is 1.88. The van der Waals surface area contributed by atoms with E-state index in [-0.39, 0.29) is 11.8 Å². The number of hydrogen-bond donors (Lipinski definition) is 1. The van der Waals surface area contributed by atoms with Crippen LogP contribution in [0.4, 0.5) is 16.1 Å². The molecule has 5 heteroatoms. The molecule has 0 saturated heterocycles. The Kier molecular flexibility index (Phi) is 3.32. The summed E-state index contributed by atoms with van der Waals surface area (Å²) in [6.07, 6.45) is 0.592. The lowest BCUT2D eigenvalue weighted by molar-refractivity contribution is 0.611. The molecule has 3 nitrogen and oxygen atoms in total. The summed E-state index contributed by atoms with van der Waals surface area (Å²) < 4.78 is 19.3. The first kappa shape index (κ1) is 12.9. The monoisotopic (exact) mass is 290 g/mol. The van der Waals surface area contributed by atoms with E-state index in [1.807, 2.05) is 31.2 Å². The van der Waals surface area contributed by atoms with Crippen molar-refractivity contribution in [3.63, 3.8) is 0 Å². The maximum atomic E-state index is 13.8. The van der Waals surface area contributed by atoms with Gasteiger partial charge in [0, 0.05) is 0 Å². The van der Waals surface area contributed by atoms with Gasteiger partial charge < -0.3 is 9.73 Å². The highest BCUT2D eigenvalue weighted by atomic mass is 35.5. The fourth-order valence-corrected chi connectivity index (χ4v) is 2.23. The van der Waals surface area contributed by atoms with Crippen LogP contribution in [0, 0.1) is 5.82 Å². The van der Waals surface area contributed by atoms with Crippen LogP contribution in [-0.4, -0.2) is 4.98 Å². The van der Waals surface area contributed by atoms with Crippen molar-refractivity contribution in [3.8, 4) is 0 Å². The summed E-state index contributed by atoms with van der Waals surface area (Å²) in [6, 6.07) is 10.6. The molecule has 0 radical (unpaired) electrons. The number of nitrogens with zero attached hydrogens (tertiary/aromatic N) is 1. The fraction of sp³-hybridized carbons (Fsp3) is 0.133. The predicted molar refractivity (Wildman–Crippen MR) is 78.1 cm³/mol. The molecular formula is C15H12ClFN2O. The second-order valence-electron chi connectivity index (χ2n) is 4.39. The molecule has 0 fully saturated rings.